The molecule has 1 aromatic rings. The topological polar surface area (TPSA) is 27.0 Å². The van der Waals surface area contributed by atoms with Crippen LogP contribution in [0.5, 0.6) is 0 Å². The van der Waals surface area contributed by atoms with Crippen LogP contribution in [0, 0.1) is 16.7 Å². The molecule has 1 aromatic carbocycles. The van der Waals surface area contributed by atoms with E-state index in [4.69, 9.17) is 16.9 Å². The summed E-state index contributed by atoms with van der Waals surface area (Å²) < 4.78 is 0. The SMILES string of the molecule is CC(N(C)c1cc(Cl)ccc1C#N)C(C)(C)C. The first kappa shape index (κ1) is 13.9. The smallest absolute Gasteiger partial charge is 0.101 e. The molecule has 0 bridgehead atoms. The van der Waals surface area contributed by atoms with E-state index < -0.39 is 0 Å². The number of hydrogen-bond donors (Lipinski definition) is 0. The third kappa shape index (κ3) is 3.14. The maximum Gasteiger partial charge on any atom is 0.101 e. The fraction of sp³-hybridized carbons (Fsp3) is 0.500. The average molecular weight is 251 g/mol. The third-order valence-electron chi connectivity index (χ3n) is 3.29. The number of hydrogen-bond acceptors (Lipinski definition) is 2. The van der Waals surface area contributed by atoms with Crippen LogP contribution in [0.15, 0.2) is 18.2 Å². The normalized spacial score (nSPS) is 13.0. The van der Waals surface area contributed by atoms with Crippen LogP contribution in [-0.2, 0) is 0 Å². The van der Waals surface area contributed by atoms with E-state index in [1.165, 1.54) is 0 Å². The molecule has 1 rings (SSSR count). The van der Waals surface area contributed by atoms with Crippen molar-refractivity contribution in [3.8, 4) is 6.07 Å². The van der Waals surface area contributed by atoms with Gasteiger partial charge in [-0.15, -0.1) is 0 Å². The van der Waals surface area contributed by atoms with Gasteiger partial charge in [-0.2, -0.15) is 5.26 Å². The van der Waals surface area contributed by atoms with Gasteiger partial charge in [-0.05, 0) is 30.5 Å². The van der Waals surface area contributed by atoms with Gasteiger partial charge in [-0.1, -0.05) is 32.4 Å². The van der Waals surface area contributed by atoms with Gasteiger partial charge in [0.2, 0.25) is 0 Å². The molecule has 3 heteroatoms. The van der Waals surface area contributed by atoms with Crippen molar-refractivity contribution in [2.45, 2.75) is 33.7 Å². The Balaban J connectivity index is 3.16. The molecule has 0 radical (unpaired) electrons. The molecule has 92 valence electrons. The molecule has 0 aliphatic heterocycles. The van der Waals surface area contributed by atoms with Gasteiger partial charge >= 0.3 is 0 Å². The predicted molar refractivity (Wildman–Crippen MR) is 73.5 cm³/mol. The van der Waals surface area contributed by atoms with Crippen molar-refractivity contribution < 1.29 is 0 Å². The molecule has 0 aromatic heterocycles. The molecule has 0 fully saturated rings. The Kier molecular flexibility index (Phi) is 4.06. The Bertz CT molecular complexity index is 441. The first-order chi connectivity index (χ1) is 7.77. The summed E-state index contributed by atoms with van der Waals surface area (Å²) in [6.45, 7) is 8.71. The number of rotatable bonds is 2. The number of nitrogens with zero attached hydrogens (tertiary/aromatic N) is 2. The van der Waals surface area contributed by atoms with Gasteiger partial charge in [0, 0.05) is 18.1 Å². The second kappa shape index (κ2) is 4.98. The largest absolute Gasteiger partial charge is 0.370 e. The monoisotopic (exact) mass is 250 g/mol. The highest BCUT2D eigenvalue weighted by Crippen LogP contribution is 2.30. The van der Waals surface area contributed by atoms with E-state index >= 15 is 0 Å². The van der Waals surface area contributed by atoms with Crippen LogP contribution in [-0.4, -0.2) is 13.1 Å². The summed E-state index contributed by atoms with van der Waals surface area (Å²) in [6.07, 6.45) is 0. The molecule has 0 saturated heterocycles. The molecule has 0 aliphatic rings. The summed E-state index contributed by atoms with van der Waals surface area (Å²) in [5.41, 5.74) is 1.69. The van der Waals surface area contributed by atoms with Crippen molar-refractivity contribution in [3.63, 3.8) is 0 Å². The Morgan fingerprint density at radius 2 is 1.94 bits per heavy atom. The summed E-state index contributed by atoms with van der Waals surface area (Å²) in [5, 5.41) is 9.78. The van der Waals surface area contributed by atoms with Gasteiger partial charge < -0.3 is 4.90 Å². The van der Waals surface area contributed by atoms with Crippen LogP contribution < -0.4 is 4.90 Å². The van der Waals surface area contributed by atoms with Gasteiger partial charge in [0.15, 0.2) is 0 Å². The van der Waals surface area contributed by atoms with E-state index in [9.17, 15) is 0 Å². The molecular weight excluding hydrogens is 232 g/mol. The minimum Gasteiger partial charge on any atom is -0.370 e. The fourth-order valence-corrected chi connectivity index (χ4v) is 1.85. The predicted octanol–water partition coefficient (Wildman–Crippen LogP) is 4.08. The van der Waals surface area contributed by atoms with E-state index in [2.05, 4.69) is 38.7 Å². The number of halogens is 1. The lowest BCUT2D eigenvalue weighted by Gasteiger charge is -2.37. The molecule has 0 heterocycles. The fourth-order valence-electron chi connectivity index (χ4n) is 1.68. The quantitative estimate of drug-likeness (QED) is 0.791. The lowest BCUT2D eigenvalue weighted by atomic mass is 9.86. The molecule has 17 heavy (non-hydrogen) atoms. The molecule has 0 saturated carbocycles. The number of anilines is 1. The third-order valence-corrected chi connectivity index (χ3v) is 3.53. The highest BCUT2D eigenvalue weighted by molar-refractivity contribution is 6.30. The van der Waals surface area contributed by atoms with E-state index in [1.807, 2.05) is 13.1 Å². The van der Waals surface area contributed by atoms with Crippen molar-refractivity contribution in [1.29, 1.82) is 5.26 Å². The van der Waals surface area contributed by atoms with Gasteiger partial charge in [-0.3, -0.25) is 0 Å². The van der Waals surface area contributed by atoms with E-state index in [0.717, 1.165) is 5.69 Å². The van der Waals surface area contributed by atoms with Crippen molar-refractivity contribution >= 4 is 17.3 Å². The van der Waals surface area contributed by atoms with Crippen LogP contribution >= 0.6 is 11.6 Å². The van der Waals surface area contributed by atoms with Crippen LogP contribution in [0.4, 0.5) is 5.69 Å². The maximum absolute atomic E-state index is 9.12. The molecule has 0 aliphatic carbocycles. The lowest BCUT2D eigenvalue weighted by Crippen LogP contribution is -2.39. The summed E-state index contributed by atoms with van der Waals surface area (Å²) >= 11 is 6.00. The summed E-state index contributed by atoms with van der Waals surface area (Å²) in [6, 6.07) is 7.89. The van der Waals surface area contributed by atoms with Crippen molar-refractivity contribution in [2.24, 2.45) is 5.41 Å². The van der Waals surface area contributed by atoms with Crippen molar-refractivity contribution in [1.82, 2.24) is 0 Å². The van der Waals surface area contributed by atoms with E-state index in [1.54, 1.807) is 12.1 Å². The van der Waals surface area contributed by atoms with E-state index in [-0.39, 0.29) is 5.41 Å². The highest BCUT2D eigenvalue weighted by atomic mass is 35.5. The van der Waals surface area contributed by atoms with Gasteiger partial charge in [-0.25, -0.2) is 0 Å². The molecule has 2 nitrogen and oxygen atoms in total. The zero-order valence-corrected chi connectivity index (χ0v) is 11.8. The first-order valence-electron chi connectivity index (χ1n) is 5.70. The standard InChI is InChI=1S/C14H19ClN2/c1-10(14(2,3)4)17(5)13-8-12(15)7-6-11(13)9-16/h6-8,10H,1-5H3. The lowest BCUT2D eigenvalue weighted by molar-refractivity contribution is 0.329. The van der Waals surface area contributed by atoms with Crippen LogP contribution in [0.1, 0.15) is 33.3 Å². The van der Waals surface area contributed by atoms with Gasteiger partial charge in [0.1, 0.15) is 6.07 Å². The van der Waals surface area contributed by atoms with Crippen molar-refractivity contribution in [3.05, 3.63) is 28.8 Å². The Morgan fingerprint density at radius 3 is 2.41 bits per heavy atom. The summed E-state index contributed by atoms with van der Waals surface area (Å²) in [7, 11) is 2.00. The summed E-state index contributed by atoms with van der Waals surface area (Å²) in [4.78, 5) is 2.12. The van der Waals surface area contributed by atoms with Gasteiger partial charge in [0.25, 0.3) is 0 Å². The average Bonchev–Trinajstić information content (AvgIpc) is 2.25. The minimum absolute atomic E-state index is 0.143. The van der Waals surface area contributed by atoms with Crippen LogP contribution in [0.2, 0.25) is 5.02 Å². The molecule has 1 unspecified atom stereocenters. The Hall–Kier alpha value is -1.20. The van der Waals surface area contributed by atoms with Gasteiger partial charge in [0.05, 0.1) is 11.3 Å². The molecule has 0 amide bonds. The van der Waals surface area contributed by atoms with Crippen LogP contribution in [0.3, 0.4) is 0 Å². The second-order valence-electron chi connectivity index (χ2n) is 5.43. The molecule has 0 spiro atoms. The number of benzene rings is 1. The summed E-state index contributed by atoms with van der Waals surface area (Å²) in [5.74, 6) is 0. The zero-order chi connectivity index (χ0) is 13.2. The zero-order valence-electron chi connectivity index (χ0n) is 11.1. The highest BCUT2D eigenvalue weighted by Gasteiger charge is 2.25. The number of nitriles is 1. The minimum atomic E-state index is 0.143. The molecule has 0 N–H and O–H groups in total. The Labute approximate surface area is 109 Å². The second-order valence-corrected chi connectivity index (χ2v) is 5.86. The molecule has 1 atom stereocenters. The maximum atomic E-state index is 9.12. The van der Waals surface area contributed by atoms with Crippen molar-refractivity contribution in [2.75, 3.05) is 11.9 Å². The molecular formula is C14H19ClN2. The first-order valence-corrected chi connectivity index (χ1v) is 6.07. The van der Waals surface area contributed by atoms with E-state index in [0.29, 0.717) is 16.6 Å². The Morgan fingerprint density at radius 1 is 1.35 bits per heavy atom. The van der Waals surface area contributed by atoms with Crippen LogP contribution in [0.25, 0.3) is 0 Å².